The average Bonchev–Trinajstić information content (AvgIpc) is 3.48. The molecule has 0 aliphatic heterocycles. The zero-order chi connectivity index (χ0) is 19.2. The van der Waals surface area contributed by atoms with Gasteiger partial charge in [-0.3, -0.25) is 9.36 Å². The van der Waals surface area contributed by atoms with Gasteiger partial charge in [-0.05, 0) is 41.4 Å². The van der Waals surface area contributed by atoms with Gasteiger partial charge in [-0.1, -0.05) is 42.1 Å². The molecule has 4 aromatic rings. The van der Waals surface area contributed by atoms with Gasteiger partial charge in [0.15, 0.2) is 10.9 Å². The van der Waals surface area contributed by atoms with Crippen LogP contribution in [0.2, 0.25) is 0 Å². The number of thiophene rings is 2. The number of benzene rings is 1. The number of ketones is 1. The highest BCUT2D eigenvalue weighted by atomic mass is 32.2. The lowest BCUT2D eigenvalue weighted by atomic mass is 10.2. The van der Waals surface area contributed by atoms with Gasteiger partial charge in [-0.15, -0.1) is 32.9 Å². The van der Waals surface area contributed by atoms with Crippen molar-refractivity contribution in [3.63, 3.8) is 0 Å². The maximum Gasteiger partial charge on any atom is 0.195 e. The molecule has 0 saturated heterocycles. The molecule has 4 nitrogen and oxygen atoms in total. The summed E-state index contributed by atoms with van der Waals surface area (Å²) in [7, 11) is 0. The number of rotatable bonds is 9. The second-order valence-electron chi connectivity index (χ2n) is 6.18. The number of carbonyl (C=O) groups excluding carboxylic acids is 1. The number of carbonyl (C=O) groups is 1. The normalized spacial score (nSPS) is 11.0. The van der Waals surface area contributed by atoms with Crippen molar-refractivity contribution in [2.75, 3.05) is 5.75 Å². The van der Waals surface area contributed by atoms with E-state index in [0.717, 1.165) is 40.1 Å². The molecule has 28 heavy (non-hydrogen) atoms. The number of hydrogen-bond acceptors (Lipinski definition) is 6. The Kier molecular flexibility index (Phi) is 6.36. The van der Waals surface area contributed by atoms with E-state index in [-0.39, 0.29) is 5.78 Å². The molecular formula is C21H19N3OS3. The predicted octanol–water partition coefficient (Wildman–Crippen LogP) is 5.74. The van der Waals surface area contributed by atoms with E-state index in [4.69, 9.17) is 0 Å². The Hall–Kier alpha value is -2.22. The molecule has 142 valence electrons. The highest BCUT2D eigenvalue weighted by molar-refractivity contribution is 7.99. The molecule has 0 saturated carbocycles. The number of thioether (sulfide) groups is 1. The fourth-order valence-corrected chi connectivity index (χ4v) is 5.18. The molecular weight excluding hydrogens is 406 g/mol. The van der Waals surface area contributed by atoms with Crippen molar-refractivity contribution in [1.82, 2.24) is 14.8 Å². The third-order valence-corrected chi connectivity index (χ3v) is 7.01. The highest BCUT2D eigenvalue weighted by Crippen LogP contribution is 2.25. The van der Waals surface area contributed by atoms with Crippen LogP contribution in [0, 0.1) is 0 Å². The molecule has 0 spiro atoms. The minimum atomic E-state index is 0.221. The van der Waals surface area contributed by atoms with E-state index >= 15 is 0 Å². The summed E-state index contributed by atoms with van der Waals surface area (Å²) in [6, 6.07) is 18.2. The van der Waals surface area contributed by atoms with Gasteiger partial charge in [-0.25, -0.2) is 0 Å². The Bertz CT molecular complexity index is 1010. The van der Waals surface area contributed by atoms with Crippen molar-refractivity contribution < 1.29 is 4.79 Å². The van der Waals surface area contributed by atoms with Gasteiger partial charge >= 0.3 is 0 Å². The summed E-state index contributed by atoms with van der Waals surface area (Å²) in [5.41, 5.74) is 1.07. The Morgan fingerprint density at radius 2 is 1.79 bits per heavy atom. The predicted molar refractivity (Wildman–Crippen MR) is 117 cm³/mol. The van der Waals surface area contributed by atoms with Gasteiger partial charge in [0.25, 0.3) is 0 Å². The standard InChI is InChI=1S/C21H19N3OS3/c25-18(19-11-6-13-27-19)10-5-14-28-21-23-22-20(15-17-9-4-12-26-17)24(21)16-7-2-1-3-8-16/h1-4,6-9,11-13H,5,10,14-15H2. The molecule has 0 atom stereocenters. The van der Waals surface area contributed by atoms with Gasteiger partial charge in [-0.2, -0.15) is 0 Å². The van der Waals surface area contributed by atoms with Crippen LogP contribution in [0.5, 0.6) is 0 Å². The summed E-state index contributed by atoms with van der Waals surface area (Å²) in [4.78, 5) is 14.3. The number of Topliss-reactive ketones (excluding diaryl/α,β-unsaturated/α-hetero) is 1. The topological polar surface area (TPSA) is 47.8 Å². The lowest BCUT2D eigenvalue weighted by molar-refractivity contribution is 0.0986. The van der Waals surface area contributed by atoms with Crippen LogP contribution in [0.1, 0.15) is 33.2 Å². The molecule has 4 rings (SSSR count). The molecule has 3 heterocycles. The van der Waals surface area contributed by atoms with Crippen LogP contribution in [-0.4, -0.2) is 26.3 Å². The van der Waals surface area contributed by atoms with E-state index < -0.39 is 0 Å². The molecule has 0 aliphatic rings. The van der Waals surface area contributed by atoms with Crippen molar-refractivity contribution in [2.24, 2.45) is 0 Å². The maximum atomic E-state index is 12.2. The zero-order valence-corrected chi connectivity index (χ0v) is 17.6. The van der Waals surface area contributed by atoms with Gasteiger partial charge in [0.1, 0.15) is 5.82 Å². The van der Waals surface area contributed by atoms with Crippen molar-refractivity contribution in [1.29, 1.82) is 0 Å². The first kappa shape index (κ1) is 19.1. The number of para-hydroxylation sites is 1. The molecule has 3 aromatic heterocycles. The van der Waals surface area contributed by atoms with Crippen LogP contribution in [0.15, 0.2) is 70.5 Å². The molecule has 0 fully saturated rings. The maximum absolute atomic E-state index is 12.2. The SMILES string of the molecule is O=C(CCCSc1nnc(Cc2cccs2)n1-c1ccccc1)c1cccs1. The lowest BCUT2D eigenvalue weighted by Crippen LogP contribution is -2.03. The zero-order valence-electron chi connectivity index (χ0n) is 15.2. The van der Waals surface area contributed by atoms with Crippen molar-refractivity contribution in [3.8, 4) is 5.69 Å². The van der Waals surface area contributed by atoms with Crippen LogP contribution < -0.4 is 0 Å². The summed E-state index contributed by atoms with van der Waals surface area (Å²) in [5, 5.41) is 13.8. The molecule has 0 aliphatic carbocycles. The molecule has 1 aromatic carbocycles. The summed E-state index contributed by atoms with van der Waals surface area (Å²) in [6.07, 6.45) is 2.15. The van der Waals surface area contributed by atoms with Crippen molar-refractivity contribution in [3.05, 3.63) is 80.9 Å². The van der Waals surface area contributed by atoms with E-state index in [0.29, 0.717) is 6.42 Å². The molecule has 0 unspecified atom stereocenters. The largest absolute Gasteiger partial charge is 0.293 e. The van der Waals surface area contributed by atoms with E-state index in [9.17, 15) is 4.79 Å². The molecule has 0 N–H and O–H groups in total. The quantitative estimate of drug-likeness (QED) is 0.195. The van der Waals surface area contributed by atoms with Crippen molar-refractivity contribution >= 4 is 40.2 Å². The highest BCUT2D eigenvalue weighted by Gasteiger charge is 2.15. The molecule has 0 radical (unpaired) electrons. The summed E-state index contributed by atoms with van der Waals surface area (Å²) in [6.45, 7) is 0. The Morgan fingerprint density at radius 1 is 0.964 bits per heavy atom. The number of nitrogens with zero attached hydrogens (tertiary/aromatic N) is 3. The lowest BCUT2D eigenvalue weighted by Gasteiger charge is -2.09. The van der Waals surface area contributed by atoms with Crippen LogP contribution in [-0.2, 0) is 6.42 Å². The van der Waals surface area contributed by atoms with Gasteiger partial charge < -0.3 is 0 Å². The van der Waals surface area contributed by atoms with E-state index in [1.165, 1.54) is 16.2 Å². The summed E-state index contributed by atoms with van der Waals surface area (Å²) < 4.78 is 2.13. The third kappa shape index (κ3) is 4.60. The first-order chi connectivity index (χ1) is 13.8. The molecule has 7 heteroatoms. The van der Waals surface area contributed by atoms with Crippen LogP contribution in [0.25, 0.3) is 5.69 Å². The van der Waals surface area contributed by atoms with Crippen LogP contribution in [0.4, 0.5) is 0 Å². The third-order valence-electron chi connectivity index (χ3n) is 4.20. The second-order valence-corrected chi connectivity index (χ2v) is 9.22. The van der Waals surface area contributed by atoms with Gasteiger partial charge in [0.05, 0.1) is 4.88 Å². The van der Waals surface area contributed by atoms with Crippen LogP contribution >= 0.6 is 34.4 Å². The first-order valence-electron chi connectivity index (χ1n) is 9.03. The minimum absolute atomic E-state index is 0.221. The Labute approximate surface area is 176 Å². The first-order valence-corrected chi connectivity index (χ1v) is 11.8. The van der Waals surface area contributed by atoms with E-state index in [2.05, 4.69) is 44.4 Å². The van der Waals surface area contributed by atoms with Gasteiger partial charge in [0, 0.05) is 29.2 Å². The smallest absolute Gasteiger partial charge is 0.195 e. The number of aromatic nitrogens is 3. The molecule has 0 bridgehead atoms. The van der Waals surface area contributed by atoms with Gasteiger partial charge in [0.2, 0.25) is 0 Å². The van der Waals surface area contributed by atoms with E-state index in [1.807, 2.05) is 35.7 Å². The fourth-order valence-electron chi connectivity index (χ4n) is 2.87. The van der Waals surface area contributed by atoms with Crippen molar-refractivity contribution in [2.45, 2.75) is 24.4 Å². The van der Waals surface area contributed by atoms with Crippen LogP contribution in [0.3, 0.4) is 0 Å². The van der Waals surface area contributed by atoms with E-state index in [1.54, 1.807) is 23.1 Å². The summed E-state index contributed by atoms with van der Waals surface area (Å²) in [5.74, 6) is 1.99. The Morgan fingerprint density at radius 3 is 2.54 bits per heavy atom. The minimum Gasteiger partial charge on any atom is -0.293 e. The fraction of sp³-hybridized carbons (Fsp3) is 0.190. The monoisotopic (exact) mass is 425 g/mol. The average molecular weight is 426 g/mol. The second kappa shape index (κ2) is 9.32. The molecule has 0 amide bonds. The summed E-state index contributed by atoms with van der Waals surface area (Å²) >= 11 is 4.90. The Balaban J connectivity index is 1.45. The number of hydrogen-bond donors (Lipinski definition) is 0.